The lowest BCUT2D eigenvalue weighted by Gasteiger charge is -2.09. The largest absolute Gasteiger partial charge is 0.467 e. The van der Waals surface area contributed by atoms with Crippen LogP contribution in [0, 0.1) is 0 Å². The second-order valence-corrected chi connectivity index (χ2v) is 6.35. The molecule has 11 heteroatoms. The third-order valence-electron chi connectivity index (χ3n) is 3.41. The number of anilines is 2. The fourth-order valence-corrected chi connectivity index (χ4v) is 2.69. The topological polar surface area (TPSA) is 131 Å². The monoisotopic (exact) mass is 364 g/mol. The van der Waals surface area contributed by atoms with E-state index in [0.717, 1.165) is 10.9 Å². The van der Waals surface area contributed by atoms with Gasteiger partial charge >= 0.3 is 16.3 Å². The van der Waals surface area contributed by atoms with Crippen LogP contribution in [0.2, 0.25) is 0 Å². The number of rotatable bonds is 6. The molecular formula is C14H16N6O4S. The van der Waals surface area contributed by atoms with Crippen LogP contribution in [0.1, 0.15) is 5.56 Å². The Morgan fingerprint density at radius 1 is 1.24 bits per heavy atom. The number of hydrogen-bond donors (Lipinski definition) is 3. The molecule has 3 aromatic rings. The lowest BCUT2D eigenvalue weighted by Crippen LogP contribution is -2.10. The predicted octanol–water partition coefficient (Wildman–Crippen LogP) is 1.20. The summed E-state index contributed by atoms with van der Waals surface area (Å²) in [4.78, 5) is 8.54. The maximum Gasteiger partial charge on any atom is 0.357 e. The van der Waals surface area contributed by atoms with Crippen molar-refractivity contribution in [1.29, 1.82) is 0 Å². The first-order valence-corrected chi connectivity index (χ1v) is 8.61. The lowest BCUT2D eigenvalue weighted by molar-refractivity contribution is 0.381. The van der Waals surface area contributed by atoms with Gasteiger partial charge in [-0.2, -0.15) is 23.5 Å². The van der Waals surface area contributed by atoms with E-state index in [1.165, 1.54) is 7.11 Å². The van der Waals surface area contributed by atoms with E-state index in [4.69, 9.17) is 9.29 Å². The number of hydrogen-bond acceptors (Lipinski definition) is 7. The van der Waals surface area contributed by atoms with E-state index < -0.39 is 10.3 Å². The zero-order chi connectivity index (χ0) is 18.0. The van der Waals surface area contributed by atoms with Gasteiger partial charge in [0.25, 0.3) is 0 Å². The number of methoxy groups -OCH3 is 1. The Kier molecular flexibility index (Phi) is 4.42. The summed E-state index contributed by atoms with van der Waals surface area (Å²) in [6, 6.07) is 6.76. The minimum atomic E-state index is -4.28. The zero-order valence-electron chi connectivity index (χ0n) is 13.5. The summed E-state index contributed by atoms with van der Waals surface area (Å²) in [6.45, 7) is 0.441. The average molecular weight is 364 g/mol. The molecule has 0 fully saturated rings. The fourth-order valence-electron chi connectivity index (χ4n) is 2.25. The Labute approximate surface area is 143 Å². The number of ether oxygens (including phenoxy) is 1. The molecule has 0 amide bonds. The van der Waals surface area contributed by atoms with Crippen LogP contribution in [-0.4, -0.2) is 39.8 Å². The molecular weight excluding hydrogens is 348 g/mol. The van der Waals surface area contributed by atoms with Crippen molar-refractivity contribution < 1.29 is 17.7 Å². The summed E-state index contributed by atoms with van der Waals surface area (Å²) >= 11 is 0. The number of nitrogens with one attached hydrogen (secondary N) is 2. The molecule has 132 valence electrons. The van der Waals surface area contributed by atoms with Crippen LogP contribution < -0.4 is 14.8 Å². The quantitative estimate of drug-likeness (QED) is 0.556. The number of nitrogens with zero attached hydrogens (tertiary/aromatic N) is 4. The maximum absolute atomic E-state index is 10.8. The van der Waals surface area contributed by atoms with Crippen LogP contribution in [0.4, 0.5) is 11.5 Å². The highest BCUT2D eigenvalue weighted by molar-refractivity contribution is 7.87. The van der Waals surface area contributed by atoms with Crippen LogP contribution in [0.25, 0.3) is 11.0 Å². The standard InChI is InChI=1S/C14H16N6O4S/c1-20-13-11(8-16-20)12(17-14(18-13)24-2)15-7-9-3-5-10(6-4-9)19-25(21,22)23/h3-6,8,19H,7H2,1-2H3,(H,15,17,18)(H,21,22,23). The summed E-state index contributed by atoms with van der Waals surface area (Å²) in [6.07, 6.45) is 1.66. The van der Waals surface area contributed by atoms with Crippen molar-refractivity contribution in [2.75, 3.05) is 17.1 Å². The van der Waals surface area contributed by atoms with E-state index in [-0.39, 0.29) is 11.7 Å². The van der Waals surface area contributed by atoms with Crippen LogP contribution >= 0.6 is 0 Å². The molecule has 0 radical (unpaired) electrons. The summed E-state index contributed by atoms with van der Waals surface area (Å²) in [5.74, 6) is 0.579. The molecule has 0 bridgehead atoms. The molecule has 0 aliphatic carbocycles. The molecule has 3 rings (SSSR count). The molecule has 25 heavy (non-hydrogen) atoms. The van der Waals surface area contributed by atoms with E-state index in [0.29, 0.717) is 18.0 Å². The van der Waals surface area contributed by atoms with Crippen LogP contribution in [0.15, 0.2) is 30.5 Å². The number of aryl methyl sites for hydroxylation is 1. The van der Waals surface area contributed by atoms with E-state index >= 15 is 0 Å². The Hall–Kier alpha value is -2.92. The van der Waals surface area contributed by atoms with Crippen molar-refractivity contribution in [3.8, 4) is 6.01 Å². The van der Waals surface area contributed by atoms with Crippen LogP contribution in [0.5, 0.6) is 6.01 Å². The van der Waals surface area contributed by atoms with E-state index in [9.17, 15) is 8.42 Å². The first kappa shape index (κ1) is 16.9. The summed E-state index contributed by atoms with van der Waals surface area (Å²) in [5.41, 5.74) is 1.79. The third-order valence-corrected chi connectivity index (χ3v) is 3.91. The number of aromatic nitrogens is 4. The second-order valence-electron chi connectivity index (χ2n) is 5.19. The average Bonchev–Trinajstić information content (AvgIpc) is 2.94. The van der Waals surface area contributed by atoms with Gasteiger partial charge in [0.05, 0.1) is 24.4 Å². The minimum Gasteiger partial charge on any atom is -0.467 e. The first-order valence-electron chi connectivity index (χ1n) is 7.17. The molecule has 0 spiro atoms. The van der Waals surface area contributed by atoms with E-state index in [1.807, 2.05) is 4.72 Å². The normalized spacial score (nSPS) is 11.5. The zero-order valence-corrected chi connectivity index (χ0v) is 14.3. The predicted molar refractivity (Wildman–Crippen MR) is 91.8 cm³/mol. The van der Waals surface area contributed by atoms with Gasteiger partial charge in [0.15, 0.2) is 5.65 Å². The van der Waals surface area contributed by atoms with Crippen LogP contribution in [0.3, 0.4) is 0 Å². The van der Waals surface area contributed by atoms with Crippen molar-refractivity contribution in [2.45, 2.75) is 6.54 Å². The van der Waals surface area contributed by atoms with Crippen LogP contribution in [-0.2, 0) is 23.9 Å². The van der Waals surface area contributed by atoms with Gasteiger partial charge in [-0.05, 0) is 17.7 Å². The molecule has 0 saturated heterocycles. The van der Waals surface area contributed by atoms with Gasteiger partial charge in [-0.3, -0.25) is 14.0 Å². The highest BCUT2D eigenvalue weighted by atomic mass is 32.2. The Morgan fingerprint density at radius 3 is 2.60 bits per heavy atom. The molecule has 2 aromatic heterocycles. The third kappa shape index (κ3) is 3.95. The first-order chi connectivity index (χ1) is 11.9. The van der Waals surface area contributed by atoms with Gasteiger partial charge in [-0.25, -0.2) is 0 Å². The smallest absolute Gasteiger partial charge is 0.357 e. The molecule has 10 nitrogen and oxygen atoms in total. The van der Waals surface area contributed by atoms with Crippen molar-refractivity contribution in [2.24, 2.45) is 7.05 Å². The van der Waals surface area contributed by atoms with Crippen molar-refractivity contribution in [3.05, 3.63) is 36.0 Å². The Morgan fingerprint density at radius 2 is 1.96 bits per heavy atom. The van der Waals surface area contributed by atoms with Gasteiger partial charge in [0.1, 0.15) is 5.82 Å². The van der Waals surface area contributed by atoms with Gasteiger partial charge in [-0.1, -0.05) is 12.1 Å². The number of fused-ring (bicyclic) bond motifs is 1. The summed E-state index contributed by atoms with van der Waals surface area (Å²) in [7, 11) is -1.02. The molecule has 0 atom stereocenters. The minimum absolute atomic E-state index is 0.228. The van der Waals surface area contributed by atoms with Gasteiger partial charge < -0.3 is 10.1 Å². The molecule has 2 heterocycles. The molecule has 0 aliphatic rings. The Bertz CT molecular complexity index is 1000. The summed E-state index contributed by atoms with van der Waals surface area (Å²) in [5, 5.41) is 8.11. The molecule has 1 aromatic carbocycles. The van der Waals surface area contributed by atoms with Crippen molar-refractivity contribution in [1.82, 2.24) is 19.7 Å². The van der Waals surface area contributed by atoms with Gasteiger partial charge in [0, 0.05) is 13.6 Å². The molecule has 0 unspecified atom stereocenters. The van der Waals surface area contributed by atoms with Gasteiger partial charge in [-0.15, -0.1) is 0 Å². The molecule has 0 saturated carbocycles. The van der Waals surface area contributed by atoms with E-state index in [1.54, 1.807) is 42.2 Å². The molecule has 0 aliphatic heterocycles. The van der Waals surface area contributed by atoms with Gasteiger partial charge in [0.2, 0.25) is 0 Å². The number of benzene rings is 1. The second kappa shape index (κ2) is 6.53. The highest BCUT2D eigenvalue weighted by Gasteiger charge is 2.12. The fraction of sp³-hybridized carbons (Fsp3) is 0.214. The van der Waals surface area contributed by atoms with E-state index in [2.05, 4.69) is 20.4 Å². The maximum atomic E-state index is 10.8. The van der Waals surface area contributed by atoms with Crippen molar-refractivity contribution in [3.63, 3.8) is 0 Å². The lowest BCUT2D eigenvalue weighted by atomic mass is 10.2. The highest BCUT2D eigenvalue weighted by Crippen LogP contribution is 2.23. The SMILES string of the molecule is COc1nc(NCc2ccc(NS(=O)(=O)O)cc2)c2cnn(C)c2n1. The van der Waals surface area contributed by atoms with Crippen molar-refractivity contribution >= 4 is 32.8 Å². The molecule has 3 N–H and O–H groups in total. The summed E-state index contributed by atoms with van der Waals surface area (Å²) < 4.78 is 39.0. The Balaban J connectivity index is 1.78.